The highest BCUT2D eigenvalue weighted by Gasteiger charge is 2.16. The molecule has 2 amide bonds. The fourth-order valence-electron chi connectivity index (χ4n) is 3.02. The first-order valence-corrected chi connectivity index (χ1v) is 10.4. The topological polar surface area (TPSA) is 70.7 Å². The number of carbonyl (C=O) groups excluding carboxylic acids is 2. The molecule has 2 N–H and O–H groups in total. The standard InChI is InChI=1S/C23H25N3O3S/c1-26(2)20(16-8-12-19(29-3)13-9-16)15-24-22(27)17-6-10-18(11-7-17)25-23(28)21-5-4-14-30-21/h4-14,20H,15H2,1-3H3,(H,24,27)(H,25,28). The largest absolute Gasteiger partial charge is 0.497 e. The predicted molar refractivity (Wildman–Crippen MR) is 120 cm³/mol. The molecule has 0 bridgehead atoms. The van der Waals surface area contributed by atoms with Crippen LogP contribution in [0.1, 0.15) is 31.6 Å². The summed E-state index contributed by atoms with van der Waals surface area (Å²) in [6.07, 6.45) is 0. The summed E-state index contributed by atoms with van der Waals surface area (Å²) in [5.74, 6) is 0.480. The number of ether oxygens (including phenoxy) is 1. The predicted octanol–water partition coefficient (Wildman–Crippen LogP) is 4.04. The number of amides is 2. The Kier molecular flexibility index (Phi) is 7.21. The molecule has 156 valence electrons. The Hall–Kier alpha value is -3.16. The van der Waals surface area contributed by atoms with Gasteiger partial charge in [-0.25, -0.2) is 0 Å². The van der Waals surface area contributed by atoms with Crippen LogP contribution in [0.4, 0.5) is 5.69 Å². The summed E-state index contributed by atoms with van der Waals surface area (Å²) >= 11 is 1.38. The van der Waals surface area contributed by atoms with Crippen LogP contribution >= 0.6 is 11.3 Å². The van der Waals surface area contributed by atoms with E-state index < -0.39 is 0 Å². The number of methoxy groups -OCH3 is 1. The average molecular weight is 424 g/mol. The van der Waals surface area contributed by atoms with Crippen LogP contribution in [0.25, 0.3) is 0 Å². The number of nitrogens with one attached hydrogen (secondary N) is 2. The first-order chi connectivity index (χ1) is 14.5. The molecule has 0 fully saturated rings. The van der Waals surface area contributed by atoms with Crippen molar-refractivity contribution in [3.05, 3.63) is 82.0 Å². The minimum absolute atomic E-state index is 0.0317. The molecule has 0 aliphatic rings. The highest BCUT2D eigenvalue weighted by Crippen LogP contribution is 2.21. The minimum Gasteiger partial charge on any atom is -0.497 e. The molecule has 0 radical (unpaired) electrons. The third-order valence-electron chi connectivity index (χ3n) is 4.73. The van der Waals surface area contributed by atoms with Gasteiger partial charge < -0.3 is 20.3 Å². The van der Waals surface area contributed by atoms with Crippen molar-refractivity contribution < 1.29 is 14.3 Å². The summed E-state index contributed by atoms with van der Waals surface area (Å²) in [5, 5.41) is 7.68. The molecule has 30 heavy (non-hydrogen) atoms. The normalized spacial score (nSPS) is 11.7. The molecule has 2 aromatic carbocycles. The van der Waals surface area contributed by atoms with Gasteiger partial charge in [-0.2, -0.15) is 0 Å². The molecule has 0 aliphatic carbocycles. The zero-order valence-electron chi connectivity index (χ0n) is 17.2. The summed E-state index contributed by atoms with van der Waals surface area (Å²) in [6, 6.07) is 18.3. The van der Waals surface area contributed by atoms with E-state index in [1.165, 1.54) is 11.3 Å². The maximum Gasteiger partial charge on any atom is 0.265 e. The van der Waals surface area contributed by atoms with E-state index in [0.29, 0.717) is 22.7 Å². The Morgan fingerprint density at radius 1 is 1.00 bits per heavy atom. The van der Waals surface area contributed by atoms with Crippen LogP contribution in [0.3, 0.4) is 0 Å². The van der Waals surface area contributed by atoms with Crippen molar-refractivity contribution in [2.24, 2.45) is 0 Å². The van der Waals surface area contributed by atoms with Gasteiger partial charge in [-0.15, -0.1) is 11.3 Å². The molecule has 0 aliphatic heterocycles. The molecule has 7 heteroatoms. The van der Waals surface area contributed by atoms with E-state index in [0.717, 1.165) is 11.3 Å². The Labute approximate surface area is 180 Å². The highest BCUT2D eigenvalue weighted by atomic mass is 32.1. The molecule has 0 spiro atoms. The number of hydrogen-bond donors (Lipinski definition) is 2. The Balaban J connectivity index is 1.59. The Morgan fingerprint density at radius 3 is 2.27 bits per heavy atom. The van der Waals surface area contributed by atoms with Crippen molar-refractivity contribution >= 4 is 28.8 Å². The van der Waals surface area contributed by atoms with Crippen molar-refractivity contribution in [3.63, 3.8) is 0 Å². The summed E-state index contributed by atoms with van der Waals surface area (Å²) < 4.78 is 5.21. The number of nitrogens with zero attached hydrogens (tertiary/aromatic N) is 1. The highest BCUT2D eigenvalue weighted by molar-refractivity contribution is 7.12. The number of thiophene rings is 1. The van der Waals surface area contributed by atoms with Crippen molar-refractivity contribution in [2.75, 3.05) is 33.1 Å². The molecule has 3 aromatic rings. The third-order valence-corrected chi connectivity index (χ3v) is 5.60. The molecular formula is C23H25N3O3S. The molecule has 1 aromatic heterocycles. The van der Waals surface area contributed by atoms with Gasteiger partial charge in [-0.3, -0.25) is 9.59 Å². The molecular weight excluding hydrogens is 398 g/mol. The molecule has 1 unspecified atom stereocenters. The van der Waals surface area contributed by atoms with Gasteiger partial charge in [-0.1, -0.05) is 18.2 Å². The van der Waals surface area contributed by atoms with Gasteiger partial charge >= 0.3 is 0 Å². The van der Waals surface area contributed by atoms with Crippen LogP contribution < -0.4 is 15.4 Å². The number of likely N-dealkylation sites (N-methyl/N-ethyl adjacent to an activating group) is 1. The average Bonchev–Trinajstić information content (AvgIpc) is 3.29. The van der Waals surface area contributed by atoms with E-state index in [1.807, 2.05) is 49.8 Å². The summed E-state index contributed by atoms with van der Waals surface area (Å²) in [5.41, 5.74) is 2.28. The fraction of sp³-hybridized carbons (Fsp3) is 0.217. The Morgan fingerprint density at radius 2 is 1.70 bits per heavy atom. The number of benzene rings is 2. The van der Waals surface area contributed by atoms with E-state index in [4.69, 9.17) is 4.74 Å². The number of hydrogen-bond acceptors (Lipinski definition) is 5. The zero-order chi connectivity index (χ0) is 21.5. The lowest BCUT2D eigenvalue weighted by Crippen LogP contribution is -2.34. The second-order valence-electron chi connectivity index (χ2n) is 6.97. The van der Waals surface area contributed by atoms with Crippen LogP contribution in [0, 0.1) is 0 Å². The smallest absolute Gasteiger partial charge is 0.265 e. The molecule has 1 atom stereocenters. The maximum atomic E-state index is 12.6. The minimum atomic E-state index is -0.161. The summed E-state index contributed by atoms with van der Waals surface area (Å²) in [6.45, 7) is 0.467. The van der Waals surface area contributed by atoms with E-state index in [9.17, 15) is 9.59 Å². The van der Waals surface area contributed by atoms with Crippen molar-refractivity contribution in [1.29, 1.82) is 0 Å². The lowest BCUT2D eigenvalue weighted by atomic mass is 10.1. The van der Waals surface area contributed by atoms with Crippen molar-refractivity contribution in [1.82, 2.24) is 10.2 Å². The quantitative estimate of drug-likeness (QED) is 0.574. The molecule has 0 saturated carbocycles. The van der Waals surface area contributed by atoms with E-state index in [-0.39, 0.29) is 17.9 Å². The van der Waals surface area contributed by atoms with E-state index in [2.05, 4.69) is 15.5 Å². The molecule has 3 rings (SSSR count). The number of rotatable bonds is 8. The van der Waals surface area contributed by atoms with E-state index in [1.54, 1.807) is 37.4 Å². The van der Waals surface area contributed by atoms with Crippen LogP contribution in [0.2, 0.25) is 0 Å². The first kappa shape index (κ1) is 21.5. The lowest BCUT2D eigenvalue weighted by molar-refractivity contribution is 0.0941. The SMILES string of the molecule is COc1ccc(C(CNC(=O)c2ccc(NC(=O)c3cccs3)cc2)N(C)C)cc1. The second-order valence-corrected chi connectivity index (χ2v) is 7.92. The maximum absolute atomic E-state index is 12.6. The van der Waals surface area contributed by atoms with Gasteiger partial charge in [0.1, 0.15) is 5.75 Å². The second kappa shape index (κ2) is 10.0. The van der Waals surface area contributed by atoms with Crippen molar-refractivity contribution in [3.8, 4) is 5.75 Å². The van der Waals surface area contributed by atoms with Gasteiger partial charge in [0.05, 0.1) is 18.0 Å². The van der Waals surface area contributed by atoms with Gasteiger partial charge in [0, 0.05) is 17.8 Å². The van der Waals surface area contributed by atoms with Crippen molar-refractivity contribution in [2.45, 2.75) is 6.04 Å². The summed E-state index contributed by atoms with van der Waals surface area (Å²) in [7, 11) is 5.59. The van der Waals surface area contributed by atoms with Gasteiger partial charge in [0.2, 0.25) is 0 Å². The molecule has 1 heterocycles. The summed E-state index contributed by atoms with van der Waals surface area (Å²) in [4.78, 5) is 27.4. The number of carbonyl (C=O) groups is 2. The molecule has 0 saturated heterocycles. The number of anilines is 1. The van der Waals surface area contributed by atoms with Crippen LogP contribution in [-0.2, 0) is 0 Å². The zero-order valence-corrected chi connectivity index (χ0v) is 18.0. The third kappa shape index (κ3) is 5.46. The van der Waals surface area contributed by atoms with Gasteiger partial charge in [-0.05, 0) is 67.5 Å². The van der Waals surface area contributed by atoms with Crippen LogP contribution in [-0.4, -0.2) is 44.5 Å². The van der Waals surface area contributed by atoms with Gasteiger partial charge in [0.25, 0.3) is 11.8 Å². The van der Waals surface area contributed by atoms with Gasteiger partial charge in [0.15, 0.2) is 0 Å². The van der Waals surface area contributed by atoms with Crippen LogP contribution in [0.5, 0.6) is 5.75 Å². The fourth-order valence-corrected chi connectivity index (χ4v) is 3.64. The van der Waals surface area contributed by atoms with E-state index >= 15 is 0 Å². The molecule has 6 nitrogen and oxygen atoms in total. The Bertz CT molecular complexity index is 968. The lowest BCUT2D eigenvalue weighted by Gasteiger charge is -2.25. The first-order valence-electron chi connectivity index (χ1n) is 9.51. The van der Waals surface area contributed by atoms with Crippen LogP contribution in [0.15, 0.2) is 66.0 Å². The monoisotopic (exact) mass is 423 g/mol.